The van der Waals surface area contributed by atoms with Crippen molar-refractivity contribution in [3.63, 3.8) is 0 Å². The lowest BCUT2D eigenvalue weighted by Gasteiger charge is -2.04. The Morgan fingerprint density at radius 3 is 2.78 bits per heavy atom. The third-order valence-corrected chi connectivity index (χ3v) is 3.15. The number of rotatable bonds is 4. The molecule has 3 nitrogen and oxygen atoms in total. The molecule has 1 aromatic heterocycles. The largest absolute Gasteiger partial charge is 0.462 e. The van der Waals surface area contributed by atoms with Gasteiger partial charge in [0.2, 0.25) is 0 Å². The van der Waals surface area contributed by atoms with E-state index in [0.29, 0.717) is 12.2 Å². The van der Waals surface area contributed by atoms with Crippen LogP contribution in [0.2, 0.25) is 0 Å². The normalized spacial score (nSPS) is 10.1. The minimum atomic E-state index is -0.310. The average molecular weight is 259 g/mol. The molecule has 1 heterocycles. The highest BCUT2D eigenvalue weighted by Crippen LogP contribution is 2.25. The van der Waals surface area contributed by atoms with Crippen LogP contribution in [0.4, 0.5) is 0 Å². The fourth-order valence-corrected chi connectivity index (χ4v) is 2.25. The summed E-state index contributed by atoms with van der Waals surface area (Å²) >= 11 is 1.52. The third-order valence-electron chi connectivity index (χ3n) is 2.21. The van der Waals surface area contributed by atoms with Crippen molar-refractivity contribution in [2.45, 2.75) is 16.8 Å². The van der Waals surface area contributed by atoms with Gasteiger partial charge in [0.05, 0.1) is 12.2 Å². The van der Waals surface area contributed by atoms with Crippen molar-refractivity contribution in [3.05, 3.63) is 54.2 Å². The van der Waals surface area contributed by atoms with Crippen molar-refractivity contribution in [1.29, 1.82) is 0 Å². The van der Waals surface area contributed by atoms with E-state index >= 15 is 0 Å². The predicted octanol–water partition coefficient (Wildman–Crippen LogP) is 3.41. The molecule has 0 saturated heterocycles. The van der Waals surface area contributed by atoms with Crippen molar-refractivity contribution in [3.8, 4) is 0 Å². The maximum Gasteiger partial charge on any atom is 0.338 e. The smallest absolute Gasteiger partial charge is 0.338 e. The fraction of sp³-hybridized carbons (Fsp3) is 0.143. The summed E-state index contributed by atoms with van der Waals surface area (Å²) in [4.78, 5) is 16.9. The van der Waals surface area contributed by atoms with Crippen LogP contribution in [0.15, 0.2) is 58.6 Å². The zero-order valence-corrected chi connectivity index (χ0v) is 10.8. The van der Waals surface area contributed by atoms with Gasteiger partial charge in [-0.05, 0) is 31.2 Å². The number of hydrogen-bond donors (Lipinski definition) is 0. The molecule has 0 bridgehead atoms. The van der Waals surface area contributed by atoms with E-state index in [-0.39, 0.29) is 5.97 Å². The maximum absolute atomic E-state index is 11.6. The summed E-state index contributed by atoms with van der Waals surface area (Å²) in [6.45, 7) is 2.17. The van der Waals surface area contributed by atoms with Crippen LogP contribution in [0.5, 0.6) is 0 Å². The van der Waals surface area contributed by atoms with Crippen LogP contribution >= 0.6 is 11.8 Å². The molecule has 0 aliphatic carbocycles. The van der Waals surface area contributed by atoms with Gasteiger partial charge in [0.1, 0.15) is 5.03 Å². The van der Waals surface area contributed by atoms with Gasteiger partial charge in [0.15, 0.2) is 0 Å². The lowest BCUT2D eigenvalue weighted by Crippen LogP contribution is -2.04. The Labute approximate surface area is 110 Å². The molecule has 0 N–H and O–H groups in total. The molecule has 0 unspecified atom stereocenters. The second-order valence-electron chi connectivity index (χ2n) is 3.52. The van der Waals surface area contributed by atoms with Gasteiger partial charge in [0, 0.05) is 11.1 Å². The molecule has 0 aliphatic heterocycles. The molecule has 92 valence electrons. The van der Waals surface area contributed by atoms with Gasteiger partial charge in [-0.25, -0.2) is 9.78 Å². The van der Waals surface area contributed by atoms with Crippen molar-refractivity contribution in [2.24, 2.45) is 0 Å². The number of esters is 1. The Hall–Kier alpha value is -1.81. The zero-order valence-electron chi connectivity index (χ0n) is 10.00. The molecule has 0 aliphatic rings. The summed E-state index contributed by atoms with van der Waals surface area (Å²) < 4.78 is 4.96. The Balaban J connectivity index is 2.15. The molecule has 1 aromatic carbocycles. The zero-order chi connectivity index (χ0) is 12.8. The van der Waals surface area contributed by atoms with Gasteiger partial charge in [-0.2, -0.15) is 0 Å². The van der Waals surface area contributed by atoms with Crippen LogP contribution in [-0.4, -0.2) is 17.6 Å². The summed E-state index contributed by atoms with van der Waals surface area (Å²) in [6.07, 6.45) is 1.62. The minimum absolute atomic E-state index is 0.310. The van der Waals surface area contributed by atoms with Gasteiger partial charge in [-0.1, -0.05) is 30.0 Å². The first-order chi connectivity index (χ1) is 8.79. The standard InChI is InChI=1S/C14H13NO2S/c1-2-17-14(16)11-8-9-15-13(10-11)18-12-6-4-3-5-7-12/h3-10H,2H2,1H3. The van der Waals surface area contributed by atoms with Crippen molar-refractivity contribution >= 4 is 17.7 Å². The van der Waals surface area contributed by atoms with E-state index in [1.165, 1.54) is 11.8 Å². The topological polar surface area (TPSA) is 39.2 Å². The van der Waals surface area contributed by atoms with Crippen LogP contribution in [0, 0.1) is 0 Å². The molecule has 0 saturated carbocycles. The second-order valence-corrected chi connectivity index (χ2v) is 4.61. The highest BCUT2D eigenvalue weighted by Gasteiger charge is 2.08. The number of aromatic nitrogens is 1. The Morgan fingerprint density at radius 2 is 2.06 bits per heavy atom. The van der Waals surface area contributed by atoms with Crippen LogP contribution in [0.25, 0.3) is 0 Å². The number of hydrogen-bond acceptors (Lipinski definition) is 4. The van der Waals surface area contributed by atoms with E-state index < -0.39 is 0 Å². The van der Waals surface area contributed by atoms with Gasteiger partial charge in [-0.15, -0.1) is 0 Å². The maximum atomic E-state index is 11.6. The molecule has 2 rings (SSSR count). The molecule has 0 spiro atoms. The van der Waals surface area contributed by atoms with E-state index in [9.17, 15) is 4.79 Å². The van der Waals surface area contributed by atoms with Crippen LogP contribution in [-0.2, 0) is 4.74 Å². The van der Waals surface area contributed by atoms with Gasteiger partial charge < -0.3 is 4.74 Å². The summed E-state index contributed by atoms with van der Waals surface area (Å²) in [5, 5.41) is 0.784. The molecule has 0 atom stereocenters. The Kier molecular flexibility index (Phi) is 4.36. The number of benzene rings is 1. The van der Waals surface area contributed by atoms with Crippen LogP contribution in [0.1, 0.15) is 17.3 Å². The summed E-state index contributed by atoms with van der Waals surface area (Å²) in [5.74, 6) is -0.310. The predicted molar refractivity (Wildman–Crippen MR) is 70.8 cm³/mol. The Bertz CT molecular complexity index is 528. The minimum Gasteiger partial charge on any atom is -0.462 e. The molecule has 0 radical (unpaired) electrons. The highest BCUT2D eigenvalue weighted by atomic mass is 32.2. The first kappa shape index (κ1) is 12.6. The number of ether oxygens (including phenoxy) is 1. The average Bonchev–Trinajstić information content (AvgIpc) is 2.40. The monoisotopic (exact) mass is 259 g/mol. The van der Waals surface area contributed by atoms with E-state index in [4.69, 9.17) is 4.74 Å². The summed E-state index contributed by atoms with van der Waals surface area (Å²) in [5.41, 5.74) is 0.533. The molecular formula is C14H13NO2S. The highest BCUT2D eigenvalue weighted by molar-refractivity contribution is 7.99. The lowest BCUT2D eigenvalue weighted by atomic mass is 10.3. The SMILES string of the molecule is CCOC(=O)c1ccnc(Sc2ccccc2)c1. The molecule has 18 heavy (non-hydrogen) atoms. The van der Waals surface area contributed by atoms with E-state index in [0.717, 1.165) is 9.92 Å². The molecule has 2 aromatic rings. The Morgan fingerprint density at radius 1 is 1.28 bits per heavy atom. The fourth-order valence-electron chi connectivity index (χ4n) is 1.42. The number of carbonyl (C=O) groups is 1. The first-order valence-corrected chi connectivity index (χ1v) is 6.47. The van der Waals surface area contributed by atoms with Crippen LogP contribution < -0.4 is 0 Å². The summed E-state index contributed by atoms with van der Waals surface area (Å²) in [6, 6.07) is 13.3. The third kappa shape index (κ3) is 3.34. The van der Waals surface area contributed by atoms with Crippen molar-refractivity contribution in [1.82, 2.24) is 4.98 Å². The number of carbonyl (C=O) groups excluding carboxylic acids is 1. The summed E-state index contributed by atoms with van der Waals surface area (Å²) in [7, 11) is 0. The van der Waals surface area contributed by atoms with Crippen molar-refractivity contribution in [2.75, 3.05) is 6.61 Å². The second kappa shape index (κ2) is 6.21. The molecule has 0 fully saturated rings. The van der Waals surface area contributed by atoms with Crippen LogP contribution in [0.3, 0.4) is 0 Å². The van der Waals surface area contributed by atoms with Gasteiger partial charge in [0.25, 0.3) is 0 Å². The first-order valence-electron chi connectivity index (χ1n) is 5.65. The molecule has 0 amide bonds. The number of pyridine rings is 1. The lowest BCUT2D eigenvalue weighted by molar-refractivity contribution is 0.0526. The van der Waals surface area contributed by atoms with E-state index in [1.807, 2.05) is 30.3 Å². The van der Waals surface area contributed by atoms with E-state index in [2.05, 4.69) is 4.98 Å². The molecule has 4 heteroatoms. The van der Waals surface area contributed by atoms with Gasteiger partial charge >= 0.3 is 5.97 Å². The number of nitrogens with zero attached hydrogens (tertiary/aromatic N) is 1. The molecular weight excluding hydrogens is 246 g/mol. The van der Waals surface area contributed by atoms with Crippen molar-refractivity contribution < 1.29 is 9.53 Å². The quantitative estimate of drug-likeness (QED) is 0.789. The van der Waals surface area contributed by atoms with Gasteiger partial charge in [-0.3, -0.25) is 0 Å². The van der Waals surface area contributed by atoms with E-state index in [1.54, 1.807) is 25.3 Å².